The van der Waals surface area contributed by atoms with Gasteiger partial charge in [0.1, 0.15) is 0 Å². The van der Waals surface area contributed by atoms with Gasteiger partial charge in [0.15, 0.2) is 0 Å². The molecule has 0 rings (SSSR count). The van der Waals surface area contributed by atoms with E-state index in [4.69, 9.17) is 0 Å². The molecule has 1 nitrogen and oxygen atoms in total. The summed E-state index contributed by atoms with van der Waals surface area (Å²) in [6, 6.07) is 0. The van der Waals surface area contributed by atoms with E-state index in [9.17, 15) is 3.54 Å². The van der Waals surface area contributed by atoms with E-state index >= 15 is 0 Å². The molecule has 0 atom stereocenters. The van der Waals surface area contributed by atoms with Gasteiger partial charge in [0.05, 0.1) is 0 Å². The van der Waals surface area contributed by atoms with Crippen molar-refractivity contribution in [3.05, 3.63) is 0 Å². The van der Waals surface area contributed by atoms with Crippen LogP contribution in [-0.2, 0) is 3.54 Å². The summed E-state index contributed by atoms with van der Waals surface area (Å²) in [5, 5.41) is 0. The summed E-state index contributed by atoms with van der Waals surface area (Å²) in [6.07, 6.45) is 0. The van der Waals surface area contributed by atoms with Gasteiger partial charge in [-0.2, -0.15) is 0 Å². The maximum absolute atomic E-state index is 10.1. The van der Waals surface area contributed by atoms with Crippen LogP contribution in [0.2, 0.25) is 3.97 Å². The summed E-state index contributed by atoms with van der Waals surface area (Å²) in [5.74, 6) is 0. The Hall–Kier alpha value is 0.436. The predicted molar refractivity (Wildman–Crippen MR) is 26.2 cm³/mol. The van der Waals surface area contributed by atoms with Crippen molar-refractivity contribution >= 4 is 17.4 Å². The fourth-order valence-electron chi connectivity index (χ4n) is 0. The van der Waals surface area contributed by atoms with E-state index in [0.29, 0.717) is 0 Å². The van der Waals surface area contributed by atoms with Gasteiger partial charge in [-0.25, -0.2) is 0 Å². The summed E-state index contributed by atoms with van der Waals surface area (Å²) < 4.78 is 10.2. The Labute approximate surface area is 46.2 Å². The molecule has 0 aliphatic rings. The Kier molecular flexibility index (Phi) is 2.08. The molecule has 0 amide bonds. The van der Waals surface area contributed by atoms with Gasteiger partial charge in [-0.15, -0.1) is 0 Å². The summed E-state index contributed by atoms with van der Waals surface area (Å²) in [7, 11) is 0. The van der Waals surface area contributed by atoms with E-state index in [1.165, 1.54) is 0 Å². The van der Waals surface area contributed by atoms with Crippen LogP contribution in [-0.4, -0.2) is 17.4 Å². The van der Waals surface area contributed by atoms with E-state index < -0.39 is 17.4 Å². The van der Waals surface area contributed by atoms with Crippen LogP contribution in [0.4, 0.5) is 0 Å². The minimum absolute atomic E-state index is 0.142. The van der Waals surface area contributed by atoms with Gasteiger partial charge in [-0.3, -0.25) is 0 Å². The summed E-state index contributed by atoms with van der Waals surface area (Å²) in [4.78, 5) is 0. The van der Waals surface area contributed by atoms with E-state index in [1.54, 1.807) is 0 Å². The second kappa shape index (κ2) is 1.93. The third-order valence-corrected chi connectivity index (χ3v) is 1.84. The standard InChI is InChI=1S/C4H9.Ga.O/c1-4(2)3;;/h1-3H3;;. The predicted octanol–water partition coefficient (Wildman–Crippen LogP) is 1.25. The Morgan fingerprint density at radius 2 is 1.50 bits per heavy atom. The van der Waals surface area contributed by atoms with Crippen molar-refractivity contribution in [2.75, 3.05) is 0 Å². The quantitative estimate of drug-likeness (QED) is 0.466. The third kappa shape index (κ3) is 4.44. The molecule has 34 valence electrons. The molecule has 0 radical (unpaired) electrons. The van der Waals surface area contributed by atoms with Crippen molar-refractivity contribution in [2.24, 2.45) is 0 Å². The van der Waals surface area contributed by atoms with Gasteiger partial charge in [0, 0.05) is 0 Å². The van der Waals surface area contributed by atoms with Crippen molar-refractivity contribution in [3.8, 4) is 0 Å². The Balaban J connectivity index is 3.45. The van der Waals surface area contributed by atoms with E-state index in [2.05, 4.69) is 0 Å². The molecule has 0 saturated carbocycles. The molecule has 0 aromatic heterocycles. The van der Waals surface area contributed by atoms with E-state index in [-0.39, 0.29) is 3.97 Å². The molecule has 0 bridgehead atoms. The third-order valence-electron chi connectivity index (χ3n) is 0.354. The van der Waals surface area contributed by atoms with Crippen molar-refractivity contribution in [1.82, 2.24) is 0 Å². The van der Waals surface area contributed by atoms with Crippen LogP contribution in [0.3, 0.4) is 0 Å². The first kappa shape index (κ1) is 6.44. The number of hydrogen-bond acceptors (Lipinski definition) is 1. The van der Waals surface area contributed by atoms with Gasteiger partial charge in [0.2, 0.25) is 0 Å². The molecule has 0 aliphatic carbocycles. The van der Waals surface area contributed by atoms with Crippen molar-refractivity contribution in [2.45, 2.75) is 24.7 Å². The number of rotatable bonds is 0. The van der Waals surface area contributed by atoms with Crippen LogP contribution in [0, 0.1) is 0 Å². The first-order valence-corrected chi connectivity index (χ1v) is 4.22. The molecule has 0 fully saturated rings. The zero-order chi connectivity index (χ0) is 5.21. The van der Waals surface area contributed by atoms with Crippen LogP contribution in [0.5, 0.6) is 0 Å². The molecule has 0 heterocycles. The molecule has 0 N–H and O–H groups in total. The summed E-state index contributed by atoms with van der Waals surface area (Å²) in [5.41, 5.74) is 0. The summed E-state index contributed by atoms with van der Waals surface area (Å²) >= 11 is -1.12. The normalized spacial score (nSPS) is 10.5. The molecule has 0 spiro atoms. The Morgan fingerprint density at radius 1 is 1.33 bits per heavy atom. The maximum atomic E-state index is 10.1. The minimum atomic E-state index is -1.12. The first-order valence-electron chi connectivity index (χ1n) is 2.02. The Bertz CT molecular complexity index is 53.1. The van der Waals surface area contributed by atoms with E-state index in [1.807, 2.05) is 20.8 Å². The zero-order valence-electron chi connectivity index (χ0n) is 4.49. The van der Waals surface area contributed by atoms with Gasteiger partial charge in [0.25, 0.3) is 0 Å². The topological polar surface area (TPSA) is 17.1 Å². The fraction of sp³-hybridized carbons (Fsp3) is 1.00. The molecule has 6 heavy (non-hydrogen) atoms. The van der Waals surface area contributed by atoms with Gasteiger partial charge in [-0.05, 0) is 0 Å². The monoisotopic (exact) mass is 142 g/mol. The van der Waals surface area contributed by atoms with Crippen LogP contribution in [0.15, 0.2) is 0 Å². The Morgan fingerprint density at radius 3 is 1.50 bits per heavy atom. The molecule has 0 aromatic rings. The number of hydrogen-bond donors (Lipinski definition) is 0. The second-order valence-electron chi connectivity index (χ2n) is 2.48. The molecule has 0 unspecified atom stereocenters. The molecular weight excluding hydrogens is 134 g/mol. The second-order valence-corrected chi connectivity index (χ2v) is 6.61. The van der Waals surface area contributed by atoms with Gasteiger partial charge in [-0.1, -0.05) is 0 Å². The van der Waals surface area contributed by atoms with Crippen LogP contribution in [0.25, 0.3) is 0 Å². The SMILES string of the molecule is C[C](C)(C)[Ga]=[O]. The average molecular weight is 143 g/mol. The average Bonchev–Trinajstić information content (AvgIpc) is 1.35. The first-order chi connectivity index (χ1) is 2.56. The summed E-state index contributed by atoms with van der Waals surface area (Å²) in [6.45, 7) is 6.00. The fourth-order valence-corrected chi connectivity index (χ4v) is 0. The van der Waals surface area contributed by atoms with Crippen molar-refractivity contribution in [1.29, 1.82) is 0 Å². The van der Waals surface area contributed by atoms with Crippen LogP contribution >= 0.6 is 0 Å². The molecule has 0 saturated heterocycles. The molecular formula is C4H9GaO. The van der Waals surface area contributed by atoms with Crippen molar-refractivity contribution in [3.63, 3.8) is 0 Å². The molecule has 0 aromatic carbocycles. The van der Waals surface area contributed by atoms with Gasteiger partial charge < -0.3 is 0 Å². The van der Waals surface area contributed by atoms with Gasteiger partial charge >= 0.3 is 45.6 Å². The molecule has 2 heteroatoms. The van der Waals surface area contributed by atoms with Crippen LogP contribution < -0.4 is 0 Å². The molecule has 0 aliphatic heterocycles. The van der Waals surface area contributed by atoms with E-state index in [0.717, 1.165) is 0 Å². The zero-order valence-corrected chi connectivity index (χ0v) is 6.91. The van der Waals surface area contributed by atoms with Crippen LogP contribution in [0.1, 0.15) is 20.8 Å². The van der Waals surface area contributed by atoms with Crippen molar-refractivity contribution < 1.29 is 3.54 Å².